The normalized spacial score (nSPS) is 11.9. The van der Waals surface area contributed by atoms with E-state index in [0.717, 1.165) is 0 Å². The Bertz CT molecular complexity index is 383. The van der Waals surface area contributed by atoms with Crippen LogP contribution in [-0.4, -0.2) is 19.2 Å². The van der Waals surface area contributed by atoms with Crippen LogP contribution in [0.4, 0.5) is 0 Å². The summed E-state index contributed by atoms with van der Waals surface area (Å²) in [5, 5.41) is 0. The Labute approximate surface area is 83.6 Å². The summed E-state index contributed by atoms with van der Waals surface area (Å²) in [7, 11) is -3.17. The SMILES string of the molecule is CCCS(=O)(=O)NCc1ncc(C)o1. The smallest absolute Gasteiger partial charge is 0.212 e. The van der Waals surface area contributed by atoms with Crippen molar-refractivity contribution in [3.8, 4) is 0 Å². The number of hydrogen-bond donors (Lipinski definition) is 1. The van der Waals surface area contributed by atoms with Gasteiger partial charge in [-0.15, -0.1) is 0 Å². The number of sulfonamides is 1. The van der Waals surface area contributed by atoms with Crippen LogP contribution >= 0.6 is 0 Å². The number of aryl methyl sites for hydroxylation is 1. The lowest BCUT2D eigenvalue weighted by Gasteiger charge is -2.01. The molecule has 0 unspecified atom stereocenters. The summed E-state index contributed by atoms with van der Waals surface area (Å²) in [4.78, 5) is 3.89. The number of hydrogen-bond acceptors (Lipinski definition) is 4. The minimum atomic E-state index is -3.17. The first-order valence-corrected chi connectivity index (χ1v) is 6.07. The zero-order valence-corrected chi connectivity index (χ0v) is 9.10. The van der Waals surface area contributed by atoms with E-state index in [1.165, 1.54) is 0 Å². The van der Waals surface area contributed by atoms with Crippen molar-refractivity contribution in [1.29, 1.82) is 0 Å². The van der Waals surface area contributed by atoms with Gasteiger partial charge >= 0.3 is 0 Å². The minimum Gasteiger partial charge on any atom is -0.445 e. The number of aromatic nitrogens is 1. The third-order valence-corrected chi connectivity index (χ3v) is 3.12. The van der Waals surface area contributed by atoms with Crippen molar-refractivity contribution in [3.05, 3.63) is 17.8 Å². The summed E-state index contributed by atoms with van der Waals surface area (Å²) in [6.45, 7) is 3.70. The maximum Gasteiger partial charge on any atom is 0.212 e. The predicted octanol–water partition coefficient (Wildman–Crippen LogP) is 0.812. The molecule has 1 aromatic rings. The molecule has 0 fully saturated rings. The zero-order valence-electron chi connectivity index (χ0n) is 8.28. The maximum absolute atomic E-state index is 11.2. The molecule has 0 aliphatic heterocycles. The molecule has 0 bridgehead atoms. The molecule has 1 heterocycles. The first-order valence-electron chi connectivity index (χ1n) is 4.42. The second-order valence-electron chi connectivity index (χ2n) is 3.00. The van der Waals surface area contributed by atoms with Crippen LogP contribution in [0, 0.1) is 6.92 Å². The monoisotopic (exact) mass is 218 g/mol. The van der Waals surface area contributed by atoms with E-state index in [0.29, 0.717) is 18.1 Å². The Kier molecular flexibility index (Phi) is 3.65. The van der Waals surface area contributed by atoms with Crippen LogP contribution in [0.3, 0.4) is 0 Å². The van der Waals surface area contributed by atoms with Crippen molar-refractivity contribution >= 4 is 10.0 Å². The molecule has 1 N–H and O–H groups in total. The van der Waals surface area contributed by atoms with Crippen LogP contribution in [0.15, 0.2) is 10.6 Å². The van der Waals surface area contributed by atoms with Crippen LogP contribution in [0.5, 0.6) is 0 Å². The molecule has 0 saturated heterocycles. The molecule has 0 aliphatic rings. The summed E-state index contributed by atoms with van der Waals surface area (Å²) in [6.07, 6.45) is 2.16. The zero-order chi connectivity index (χ0) is 10.6. The first kappa shape index (κ1) is 11.2. The summed E-state index contributed by atoms with van der Waals surface area (Å²) in [5.74, 6) is 1.20. The molecule has 6 heteroatoms. The molecule has 1 rings (SSSR count). The molecule has 5 nitrogen and oxygen atoms in total. The number of nitrogens with zero attached hydrogens (tertiary/aromatic N) is 1. The molecular weight excluding hydrogens is 204 g/mol. The van der Waals surface area contributed by atoms with E-state index in [1.54, 1.807) is 13.1 Å². The van der Waals surface area contributed by atoms with Crippen LogP contribution in [0.25, 0.3) is 0 Å². The average molecular weight is 218 g/mol. The predicted molar refractivity (Wildman–Crippen MR) is 52.2 cm³/mol. The molecule has 0 atom stereocenters. The number of nitrogens with one attached hydrogen (secondary N) is 1. The highest BCUT2D eigenvalue weighted by Crippen LogP contribution is 2.01. The van der Waals surface area contributed by atoms with Crippen LogP contribution in [0.1, 0.15) is 25.0 Å². The Morgan fingerprint density at radius 2 is 2.29 bits per heavy atom. The van der Waals surface area contributed by atoms with Crippen molar-refractivity contribution in [1.82, 2.24) is 9.71 Å². The molecule has 1 aromatic heterocycles. The highest BCUT2D eigenvalue weighted by molar-refractivity contribution is 7.89. The highest BCUT2D eigenvalue weighted by atomic mass is 32.2. The van der Waals surface area contributed by atoms with Gasteiger partial charge in [0, 0.05) is 0 Å². The lowest BCUT2D eigenvalue weighted by Crippen LogP contribution is -2.25. The Morgan fingerprint density at radius 1 is 1.57 bits per heavy atom. The van der Waals surface area contributed by atoms with Gasteiger partial charge in [-0.25, -0.2) is 18.1 Å². The second-order valence-corrected chi connectivity index (χ2v) is 4.93. The van der Waals surface area contributed by atoms with Crippen LogP contribution < -0.4 is 4.72 Å². The van der Waals surface area contributed by atoms with Gasteiger partial charge in [0.1, 0.15) is 5.76 Å². The summed E-state index contributed by atoms with van der Waals surface area (Å²) < 4.78 is 30.0. The van der Waals surface area contributed by atoms with Crippen LogP contribution in [-0.2, 0) is 16.6 Å². The third-order valence-electron chi connectivity index (χ3n) is 1.59. The number of rotatable bonds is 5. The second kappa shape index (κ2) is 4.56. The molecule has 14 heavy (non-hydrogen) atoms. The lowest BCUT2D eigenvalue weighted by atomic mass is 10.6. The van der Waals surface area contributed by atoms with Gasteiger partial charge in [0.25, 0.3) is 0 Å². The fourth-order valence-corrected chi connectivity index (χ4v) is 2.02. The maximum atomic E-state index is 11.2. The molecule has 0 aromatic carbocycles. The van der Waals surface area contributed by atoms with Gasteiger partial charge in [-0.1, -0.05) is 6.92 Å². The summed E-state index contributed by atoms with van der Waals surface area (Å²) in [6, 6.07) is 0. The van der Waals surface area contributed by atoms with E-state index in [-0.39, 0.29) is 12.3 Å². The Balaban J connectivity index is 2.48. The van der Waals surface area contributed by atoms with Gasteiger partial charge in [-0.05, 0) is 13.3 Å². The van der Waals surface area contributed by atoms with Gasteiger partial charge < -0.3 is 4.42 Å². The van der Waals surface area contributed by atoms with Gasteiger partial charge in [0.15, 0.2) is 0 Å². The molecule has 0 aliphatic carbocycles. The van der Waals surface area contributed by atoms with E-state index in [1.807, 2.05) is 6.92 Å². The van der Waals surface area contributed by atoms with Crippen molar-refractivity contribution in [3.63, 3.8) is 0 Å². The van der Waals surface area contributed by atoms with Gasteiger partial charge in [-0.2, -0.15) is 0 Å². The standard InChI is InChI=1S/C8H14N2O3S/c1-3-4-14(11,12)10-6-8-9-5-7(2)13-8/h5,10H,3-4,6H2,1-2H3. The largest absolute Gasteiger partial charge is 0.445 e. The fraction of sp³-hybridized carbons (Fsp3) is 0.625. The highest BCUT2D eigenvalue weighted by Gasteiger charge is 2.09. The summed E-state index contributed by atoms with van der Waals surface area (Å²) in [5.41, 5.74) is 0. The van der Waals surface area contributed by atoms with Gasteiger partial charge in [-0.3, -0.25) is 0 Å². The Hall–Kier alpha value is -0.880. The first-order chi connectivity index (χ1) is 6.53. The molecule has 0 spiro atoms. The molecule has 80 valence electrons. The molecule has 0 radical (unpaired) electrons. The number of oxazole rings is 1. The fourth-order valence-electron chi connectivity index (χ4n) is 0.996. The molecular formula is C8H14N2O3S. The minimum absolute atomic E-state index is 0.121. The average Bonchev–Trinajstić information content (AvgIpc) is 2.48. The van der Waals surface area contributed by atoms with Crippen molar-refractivity contribution in [2.45, 2.75) is 26.8 Å². The summed E-state index contributed by atoms with van der Waals surface area (Å²) >= 11 is 0. The van der Waals surface area contributed by atoms with Gasteiger partial charge in [0.2, 0.25) is 15.9 Å². The Morgan fingerprint density at radius 3 is 2.79 bits per heavy atom. The van der Waals surface area contributed by atoms with E-state index in [9.17, 15) is 8.42 Å². The lowest BCUT2D eigenvalue weighted by molar-refractivity contribution is 0.463. The molecule has 0 saturated carbocycles. The van der Waals surface area contributed by atoms with E-state index in [4.69, 9.17) is 4.42 Å². The van der Waals surface area contributed by atoms with E-state index in [2.05, 4.69) is 9.71 Å². The molecule has 0 amide bonds. The van der Waals surface area contributed by atoms with Crippen molar-refractivity contribution in [2.75, 3.05) is 5.75 Å². The van der Waals surface area contributed by atoms with E-state index >= 15 is 0 Å². The quantitative estimate of drug-likeness (QED) is 0.794. The van der Waals surface area contributed by atoms with E-state index < -0.39 is 10.0 Å². The van der Waals surface area contributed by atoms with Gasteiger partial charge in [0.05, 0.1) is 18.5 Å². The van der Waals surface area contributed by atoms with Crippen molar-refractivity contribution in [2.24, 2.45) is 0 Å². The van der Waals surface area contributed by atoms with Crippen LogP contribution in [0.2, 0.25) is 0 Å². The topological polar surface area (TPSA) is 72.2 Å². The third kappa shape index (κ3) is 3.47. The van der Waals surface area contributed by atoms with Crippen molar-refractivity contribution < 1.29 is 12.8 Å².